The van der Waals surface area contributed by atoms with Crippen LogP contribution in [0.3, 0.4) is 0 Å². The molecule has 1 aliphatic rings. The third-order valence-corrected chi connectivity index (χ3v) is 6.37. The van der Waals surface area contributed by atoms with E-state index in [0.717, 1.165) is 13.1 Å². The normalized spacial score (nSPS) is 15.7. The number of nitrogens with zero attached hydrogens (tertiary/aromatic N) is 1. The summed E-state index contributed by atoms with van der Waals surface area (Å²) in [5.41, 5.74) is 0.522. The van der Waals surface area contributed by atoms with Crippen molar-refractivity contribution in [2.24, 2.45) is 0 Å². The fraction of sp³-hybridized carbons (Fsp3) is 0.421. The Morgan fingerprint density at radius 2 is 1.92 bits per heavy atom. The Hall–Kier alpha value is -1.57. The molecule has 140 valence electrons. The second kappa shape index (κ2) is 8.88. The molecule has 7 heteroatoms. The Morgan fingerprint density at radius 3 is 2.46 bits per heavy atom. The summed E-state index contributed by atoms with van der Waals surface area (Å²) in [6, 6.07) is 7.87. The summed E-state index contributed by atoms with van der Waals surface area (Å²) in [5, 5.41) is 5.17. The van der Waals surface area contributed by atoms with Crippen LogP contribution in [0.15, 0.2) is 34.1 Å². The van der Waals surface area contributed by atoms with Gasteiger partial charge in [-0.25, -0.2) is 0 Å². The fourth-order valence-electron chi connectivity index (χ4n) is 3.24. The fourth-order valence-corrected chi connectivity index (χ4v) is 4.65. The van der Waals surface area contributed by atoms with E-state index in [1.54, 1.807) is 37.7 Å². The summed E-state index contributed by atoms with van der Waals surface area (Å²) < 4.78 is 11.4. The van der Waals surface area contributed by atoms with Gasteiger partial charge in [-0.3, -0.25) is 9.69 Å². The Labute approximate surface area is 166 Å². The van der Waals surface area contributed by atoms with Crippen molar-refractivity contribution in [2.45, 2.75) is 18.9 Å². The number of carbonyl (C=O) groups is 1. The van der Waals surface area contributed by atoms with Gasteiger partial charge in [0.1, 0.15) is 16.0 Å². The molecule has 0 aliphatic carbocycles. The second-order valence-corrected chi connectivity index (χ2v) is 7.95. The minimum absolute atomic E-state index is 0.130. The highest BCUT2D eigenvalue weighted by molar-refractivity contribution is 9.10. The maximum Gasteiger partial charge on any atom is 0.251 e. The summed E-state index contributed by atoms with van der Waals surface area (Å²) in [6.45, 7) is 2.75. The lowest BCUT2D eigenvalue weighted by Crippen LogP contribution is -2.36. The predicted molar refractivity (Wildman–Crippen MR) is 107 cm³/mol. The Bertz CT molecular complexity index is 720. The molecule has 1 saturated heterocycles. The number of halogens is 1. The van der Waals surface area contributed by atoms with Gasteiger partial charge in [-0.1, -0.05) is 6.07 Å². The van der Waals surface area contributed by atoms with Crippen molar-refractivity contribution in [2.75, 3.05) is 33.9 Å². The van der Waals surface area contributed by atoms with E-state index in [1.807, 2.05) is 0 Å². The molecule has 26 heavy (non-hydrogen) atoms. The third-order valence-electron chi connectivity index (χ3n) is 4.62. The number of likely N-dealkylation sites (tertiary alicyclic amines) is 1. The first kappa shape index (κ1) is 19.2. The Kier molecular flexibility index (Phi) is 6.56. The van der Waals surface area contributed by atoms with Gasteiger partial charge < -0.3 is 14.8 Å². The van der Waals surface area contributed by atoms with Gasteiger partial charge in [-0.2, -0.15) is 0 Å². The molecular weight excluding hydrogens is 416 g/mol. The molecule has 1 amide bonds. The number of ether oxygens (including phenoxy) is 2. The lowest BCUT2D eigenvalue weighted by atomic mass is 10.1. The van der Waals surface area contributed by atoms with E-state index in [-0.39, 0.29) is 11.9 Å². The van der Waals surface area contributed by atoms with Crippen LogP contribution in [0.5, 0.6) is 11.5 Å². The molecule has 3 rings (SSSR count). The van der Waals surface area contributed by atoms with Crippen molar-refractivity contribution < 1.29 is 14.3 Å². The SMILES string of the molecule is COc1cc(C(=O)NCC(c2cccs2)N2CCCC2)cc(OC)c1Br. The first-order chi connectivity index (χ1) is 12.6. The minimum atomic E-state index is -0.130. The number of carbonyl (C=O) groups excluding carboxylic acids is 1. The number of thiophene rings is 1. The van der Waals surface area contributed by atoms with Gasteiger partial charge in [-0.05, 0) is 65.4 Å². The number of rotatable bonds is 7. The molecule has 1 unspecified atom stereocenters. The molecule has 1 aromatic heterocycles. The topological polar surface area (TPSA) is 50.8 Å². The lowest BCUT2D eigenvalue weighted by Gasteiger charge is -2.27. The van der Waals surface area contributed by atoms with Gasteiger partial charge in [0, 0.05) is 17.0 Å². The molecule has 1 aliphatic heterocycles. The number of benzene rings is 1. The summed E-state index contributed by atoms with van der Waals surface area (Å²) >= 11 is 5.17. The molecule has 1 atom stereocenters. The molecular formula is C19H23BrN2O3S. The number of hydrogen-bond donors (Lipinski definition) is 1. The van der Waals surface area contributed by atoms with Gasteiger partial charge in [0.05, 0.1) is 20.3 Å². The molecule has 1 N–H and O–H groups in total. The van der Waals surface area contributed by atoms with E-state index in [1.165, 1.54) is 17.7 Å². The monoisotopic (exact) mass is 438 g/mol. The van der Waals surface area contributed by atoms with Crippen molar-refractivity contribution in [1.82, 2.24) is 10.2 Å². The summed E-state index contributed by atoms with van der Waals surface area (Å²) in [4.78, 5) is 16.5. The van der Waals surface area contributed by atoms with Crippen LogP contribution in [0.1, 0.15) is 34.1 Å². The van der Waals surface area contributed by atoms with Crippen molar-refractivity contribution >= 4 is 33.2 Å². The summed E-state index contributed by atoms with van der Waals surface area (Å²) in [5.74, 6) is 1.02. The zero-order valence-electron chi connectivity index (χ0n) is 15.0. The van der Waals surface area contributed by atoms with Gasteiger partial charge in [0.2, 0.25) is 0 Å². The molecule has 0 saturated carbocycles. The van der Waals surface area contributed by atoms with Crippen LogP contribution in [0.4, 0.5) is 0 Å². The van der Waals surface area contributed by atoms with E-state index in [4.69, 9.17) is 9.47 Å². The Balaban J connectivity index is 1.74. The van der Waals surface area contributed by atoms with E-state index >= 15 is 0 Å². The van der Waals surface area contributed by atoms with Crippen LogP contribution in [0.25, 0.3) is 0 Å². The van der Waals surface area contributed by atoms with Gasteiger partial charge in [0.15, 0.2) is 0 Å². The molecule has 2 heterocycles. The maximum atomic E-state index is 12.7. The molecule has 5 nitrogen and oxygen atoms in total. The highest BCUT2D eigenvalue weighted by Crippen LogP contribution is 2.35. The molecule has 0 radical (unpaired) electrons. The van der Waals surface area contributed by atoms with Gasteiger partial charge in [0.25, 0.3) is 5.91 Å². The molecule has 1 fully saturated rings. The minimum Gasteiger partial charge on any atom is -0.495 e. The molecule has 2 aromatic rings. The molecule has 1 aromatic carbocycles. The zero-order chi connectivity index (χ0) is 18.5. The van der Waals surface area contributed by atoms with E-state index in [9.17, 15) is 4.79 Å². The number of hydrogen-bond acceptors (Lipinski definition) is 5. The van der Waals surface area contributed by atoms with Gasteiger partial charge >= 0.3 is 0 Å². The van der Waals surface area contributed by atoms with Crippen molar-refractivity contribution in [3.63, 3.8) is 0 Å². The average molecular weight is 439 g/mol. The van der Waals surface area contributed by atoms with E-state index < -0.39 is 0 Å². The van der Waals surface area contributed by atoms with E-state index in [0.29, 0.717) is 28.1 Å². The molecule has 0 spiro atoms. The standard InChI is InChI=1S/C19H23BrN2O3S/c1-24-15-10-13(11-16(25-2)18(15)20)19(23)21-12-14(17-6-5-9-26-17)22-7-3-4-8-22/h5-6,9-11,14H,3-4,7-8,12H2,1-2H3,(H,21,23). The zero-order valence-corrected chi connectivity index (χ0v) is 17.4. The number of amides is 1. The highest BCUT2D eigenvalue weighted by Gasteiger charge is 2.25. The van der Waals surface area contributed by atoms with Crippen molar-refractivity contribution in [1.29, 1.82) is 0 Å². The van der Waals surface area contributed by atoms with Crippen LogP contribution < -0.4 is 14.8 Å². The smallest absolute Gasteiger partial charge is 0.251 e. The quantitative estimate of drug-likeness (QED) is 0.706. The first-order valence-corrected chi connectivity index (χ1v) is 10.3. The molecule has 0 bridgehead atoms. The number of nitrogens with one attached hydrogen (secondary N) is 1. The second-order valence-electron chi connectivity index (χ2n) is 6.18. The summed E-state index contributed by atoms with van der Waals surface area (Å²) in [6.07, 6.45) is 2.44. The number of methoxy groups -OCH3 is 2. The predicted octanol–water partition coefficient (Wildman–Crippen LogP) is 4.09. The third kappa shape index (κ3) is 4.22. The highest BCUT2D eigenvalue weighted by atomic mass is 79.9. The lowest BCUT2D eigenvalue weighted by molar-refractivity contribution is 0.0937. The average Bonchev–Trinajstić information content (AvgIpc) is 3.36. The summed E-state index contributed by atoms with van der Waals surface area (Å²) in [7, 11) is 3.14. The maximum absolute atomic E-state index is 12.7. The van der Waals surface area contributed by atoms with Crippen LogP contribution in [-0.2, 0) is 0 Å². The van der Waals surface area contributed by atoms with Gasteiger partial charge in [-0.15, -0.1) is 11.3 Å². The van der Waals surface area contributed by atoms with Crippen LogP contribution >= 0.6 is 27.3 Å². The van der Waals surface area contributed by atoms with Crippen LogP contribution in [0.2, 0.25) is 0 Å². The Morgan fingerprint density at radius 1 is 1.27 bits per heavy atom. The largest absolute Gasteiger partial charge is 0.495 e. The van der Waals surface area contributed by atoms with Crippen LogP contribution in [-0.4, -0.2) is 44.7 Å². The first-order valence-electron chi connectivity index (χ1n) is 8.61. The van der Waals surface area contributed by atoms with Crippen molar-refractivity contribution in [3.8, 4) is 11.5 Å². The van der Waals surface area contributed by atoms with Crippen molar-refractivity contribution in [3.05, 3.63) is 44.6 Å². The van der Waals surface area contributed by atoms with E-state index in [2.05, 4.69) is 43.7 Å². The van der Waals surface area contributed by atoms with Crippen LogP contribution in [0, 0.1) is 0 Å².